The highest BCUT2D eigenvalue weighted by Gasteiger charge is 2.01. The maximum atomic E-state index is 5.92. The predicted molar refractivity (Wildman–Crippen MR) is 70.1 cm³/mol. The molecule has 1 aromatic heterocycles. The van der Waals surface area contributed by atoms with Gasteiger partial charge in [-0.05, 0) is 37.1 Å². The van der Waals surface area contributed by atoms with Gasteiger partial charge in [-0.3, -0.25) is 5.10 Å². The highest BCUT2D eigenvalue weighted by molar-refractivity contribution is 6.30. The van der Waals surface area contributed by atoms with Crippen molar-refractivity contribution in [2.75, 3.05) is 0 Å². The first-order valence-corrected chi connectivity index (χ1v) is 5.99. The summed E-state index contributed by atoms with van der Waals surface area (Å²) in [5.74, 6) is 0. The number of aromatic amines is 1. The van der Waals surface area contributed by atoms with Crippen LogP contribution in [0.4, 0.5) is 0 Å². The van der Waals surface area contributed by atoms with Gasteiger partial charge >= 0.3 is 0 Å². The van der Waals surface area contributed by atoms with E-state index >= 15 is 0 Å². The number of aryl methyl sites for hydroxylation is 2. The van der Waals surface area contributed by atoms with E-state index in [9.17, 15) is 0 Å². The van der Waals surface area contributed by atoms with E-state index in [-0.39, 0.29) is 0 Å². The number of halogens is 1. The topological polar surface area (TPSA) is 40.7 Å². The van der Waals surface area contributed by atoms with Gasteiger partial charge in [0.05, 0.1) is 6.20 Å². The summed E-state index contributed by atoms with van der Waals surface area (Å²) in [6, 6.07) is 5.98. The lowest BCUT2D eigenvalue weighted by Crippen LogP contribution is -2.13. The van der Waals surface area contributed by atoms with Gasteiger partial charge in [-0.15, -0.1) is 0 Å². The minimum absolute atomic E-state index is 0.789. The van der Waals surface area contributed by atoms with Crippen LogP contribution in [0.1, 0.15) is 22.4 Å². The third-order valence-corrected chi connectivity index (χ3v) is 3.10. The van der Waals surface area contributed by atoms with Crippen molar-refractivity contribution in [3.8, 4) is 0 Å². The minimum atomic E-state index is 0.789. The third-order valence-electron chi connectivity index (χ3n) is 2.87. The Bertz CT molecular complexity index is 505. The van der Waals surface area contributed by atoms with E-state index in [1.807, 2.05) is 25.3 Å². The molecule has 0 saturated heterocycles. The minimum Gasteiger partial charge on any atom is -0.308 e. The monoisotopic (exact) mass is 249 g/mol. The molecule has 0 fully saturated rings. The number of H-pyrrole nitrogens is 1. The molecule has 0 aliphatic carbocycles. The van der Waals surface area contributed by atoms with Crippen molar-refractivity contribution in [1.82, 2.24) is 15.5 Å². The predicted octanol–water partition coefficient (Wildman–Crippen LogP) is 2.97. The Morgan fingerprint density at radius 3 is 2.65 bits per heavy atom. The van der Waals surface area contributed by atoms with E-state index < -0.39 is 0 Å². The zero-order chi connectivity index (χ0) is 12.3. The number of benzene rings is 1. The number of hydrogen-bond acceptors (Lipinski definition) is 2. The maximum Gasteiger partial charge on any atom is 0.0535 e. The largest absolute Gasteiger partial charge is 0.308 e. The number of nitrogens with one attached hydrogen (secondary N) is 2. The van der Waals surface area contributed by atoms with E-state index in [4.69, 9.17) is 11.6 Å². The summed E-state index contributed by atoms with van der Waals surface area (Å²) in [7, 11) is 0. The van der Waals surface area contributed by atoms with Crippen LogP contribution in [0.5, 0.6) is 0 Å². The second kappa shape index (κ2) is 5.34. The maximum absolute atomic E-state index is 5.92. The molecular formula is C13H16ClN3. The Labute approximate surface area is 106 Å². The lowest BCUT2D eigenvalue weighted by molar-refractivity contribution is 0.688. The van der Waals surface area contributed by atoms with Crippen LogP contribution < -0.4 is 5.32 Å². The normalized spacial score (nSPS) is 10.8. The van der Waals surface area contributed by atoms with E-state index in [1.54, 1.807) is 0 Å². The quantitative estimate of drug-likeness (QED) is 0.875. The van der Waals surface area contributed by atoms with Crippen LogP contribution >= 0.6 is 11.6 Å². The lowest BCUT2D eigenvalue weighted by Gasteiger charge is -2.07. The van der Waals surface area contributed by atoms with E-state index in [1.165, 1.54) is 16.7 Å². The van der Waals surface area contributed by atoms with Gasteiger partial charge in [0, 0.05) is 29.4 Å². The van der Waals surface area contributed by atoms with Gasteiger partial charge < -0.3 is 5.32 Å². The first kappa shape index (κ1) is 12.1. The van der Waals surface area contributed by atoms with Crippen LogP contribution in [0, 0.1) is 13.8 Å². The van der Waals surface area contributed by atoms with Gasteiger partial charge in [0.25, 0.3) is 0 Å². The van der Waals surface area contributed by atoms with Crippen molar-refractivity contribution in [1.29, 1.82) is 0 Å². The van der Waals surface area contributed by atoms with E-state index in [0.717, 1.165) is 23.8 Å². The molecule has 4 heteroatoms. The first-order chi connectivity index (χ1) is 8.16. The Morgan fingerprint density at radius 1 is 1.24 bits per heavy atom. The standard InChI is InChI=1S/C13H16ClN3/c1-9-5-13(14)4-3-11(9)6-15-7-12-8-16-17-10(12)2/h3-5,8,15H,6-7H2,1-2H3,(H,16,17). The fraction of sp³-hybridized carbons (Fsp3) is 0.308. The van der Waals surface area contributed by atoms with Crippen LogP contribution in [0.3, 0.4) is 0 Å². The summed E-state index contributed by atoms with van der Waals surface area (Å²) in [6.07, 6.45) is 1.86. The first-order valence-electron chi connectivity index (χ1n) is 5.61. The molecule has 0 bridgehead atoms. The summed E-state index contributed by atoms with van der Waals surface area (Å²) < 4.78 is 0. The molecule has 90 valence electrons. The molecule has 0 amide bonds. The number of nitrogens with zero attached hydrogens (tertiary/aromatic N) is 1. The van der Waals surface area contributed by atoms with Crippen molar-refractivity contribution < 1.29 is 0 Å². The molecule has 2 N–H and O–H groups in total. The highest BCUT2D eigenvalue weighted by Crippen LogP contribution is 2.15. The summed E-state index contributed by atoms with van der Waals surface area (Å²) in [6.45, 7) is 5.77. The average Bonchev–Trinajstić information content (AvgIpc) is 2.68. The summed E-state index contributed by atoms with van der Waals surface area (Å²) in [5.41, 5.74) is 4.81. The number of hydrogen-bond donors (Lipinski definition) is 2. The Kier molecular flexibility index (Phi) is 3.82. The molecule has 2 aromatic rings. The fourth-order valence-corrected chi connectivity index (χ4v) is 1.97. The van der Waals surface area contributed by atoms with Crippen molar-refractivity contribution in [2.24, 2.45) is 0 Å². The Hall–Kier alpha value is -1.32. The molecule has 0 radical (unpaired) electrons. The SMILES string of the molecule is Cc1cc(Cl)ccc1CNCc1cn[nH]c1C. The zero-order valence-corrected chi connectivity index (χ0v) is 10.8. The van der Waals surface area contributed by atoms with Gasteiger partial charge in [-0.1, -0.05) is 17.7 Å². The van der Waals surface area contributed by atoms with Crippen LogP contribution in [0.15, 0.2) is 24.4 Å². The van der Waals surface area contributed by atoms with E-state index in [2.05, 4.69) is 28.5 Å². The lowest BCUT2D eigenvalue weighted by atomic mass is 10.1. The molecule has 17 heavy (non-hydrogen) atoms. The van der Waals surface area contributed by atoms with Gasteiger partial charge in [0.1, 0.15) is 0 Å². The smallest absolute Gasteiger partial charge is 0.0535 e. The van der Waals surface area contributed by atoms with Gasteiger partial charge in [-0.25, -0.2) is 0 Å². The molecule has 0 spiro atoms. The summed E-state index contributed by atoms with van der Waals surface area (Å²) in [5, 5.41) is 11.1. The molecule has 2 rings (SSSR count). The highest BCUT2D eigenvalue weighted by atomic mass is 35.5. The van der Waals surface area contributed by atoms with Gasteiger partial charge in [-0.2, -0.15) is 5.10 Å². The van der Waals surface area contributed by atoms with Crippen molar-refractivity contribution in [3.05, 3.63) is 51.8 Å². The molecule has 0 aliphatic rings. The summed E-state index contributed by atoms with van der Waals surface area (Å²) >= 11 is 5.92. The second-order valence-electron chi connectivity index (χ2n) is 4.19. The van der Waals surface area contributed by atoms with E-state index in [0.29, 0.717) is 0 Å². The second-order valence-corrected chi connectivity index (χ2v) is 4.63. The van der Waals surface area contributed by atoms with Crippen LogP contribution in [-0.2, 0) is 13.1 Å². The Morgan fingerprint density at radius 2 is 2.00 bits per heavy atom. The number of aromatic nitrogens is 2. The fourth-order valence-electron chi connectivity index (χ4n) is 1.74. The zero-order valence-electron chi connectivity index (χ0n) is 10.0. The molecule has 3 nitrogen and oxygen atoms in total. The molecule has 1 aromatic carbocycles. The van der Waals surface area contributed by atoms with Crippen LogP contribution in [-0.4, -0.2) is 10.2 Å². The molecule has 0 unspecified atom stereocenters. The van der Waals surface area contributed by atoms with Gasteiger partial charge in [0.2, 0.25) is 0 Å². The number of rotatable bonds is 4. The molecule has 0 aliphatic heterocycles. The van der Waals surface area contributed by atoms with Crippen molar-refractivity contribution in [3.63, 3.8) is 0 Å². The van der Waals surface area contributed by atoms with Crippen LogP contribution in [0.25, 0.3) is 0 Å². The molecule has 1 heterocycles. The molecular weight excluding hydrogens is 234 g/mol. The molecule has 0 saturated carbocycles. The molecule has 0 atom stereocenters. The third kappa shape index (κ3) is 3.08. The van der Waals surface area contributed by atoms with Crippen LogP contribution in [0.2, 0.25) is 5.02 Å². The van der Waals surface area contributed by atoms with Crippen molar-refractivity contribution in [2.45, 2.75) is 26.9 Å². The van der Waals surface area contributed by atoms with Gasteiger partial charge in [0.15, 0.2) is 0 Å². The van der Waals surface area contributed by atoms with Crippen molar-refractivity contribution >= 4 is 11.6 Å². The average molecular weight is 250 g/mol. The summed E-state index contributed by atoms with van der Waals surface area (Å²) in [4.78, 5) is 0. The Balaban J connectivity index is 1.92.